The number of aromatic carboxylic acids is 1. The Labute approximate surface area is 330 Å². The van der Waals surface area contributed by atoms with Gasteiger partial charge in [0.2, 0.25) is 0 Å². The number of anilines is 4. The van der Waals surface area contributed by atoms with E-state index in [1.54, 1.807) is 6.07 Å². The van der Waals surface area contributed by atoms with Gasteiger partial charge in [-0.1, -0.05) is 100.0 Å². The van der Waals surface area contributed by atoms with E-state index >= 15 is 0 Å². The van der Waals surface area contributed by atoms with Gasteiger partial charge in [0.25, 0.3) is 0 Å². The highest BCUT2D eigenvalue weighted by Gasteiger charge is 2.18. The van der Waals surface area contributed by atoms with E-state index in [0.717, 1.165) is 48.3 Å². The predicted molar refractivity (Wildman–Crippen MR) is 218 cm³/mol. The van der Waals surface area contributed by atoms with Crippen molar-refractivity contribution in [3.8, 4) is 0 Å². The van der Waals surface area contributed by atoms with Gasteiger partial charge >= 0.3 is 11.9 Å². The van der Waals surface area contributed by atoms with Crippen LogP contribution in [0.1, 0.15) is 80.0 Å². The third-order valence-electron chi connectivity index (χ3n) is 7.40. The van der Waals surface area contributed by atoms with Gasteiger partial charge in [-0.2, -0.15) is 0 Å². The molecule has 0 amide bonds. The van der Waals surface area contributed by atoms with Gasteiger partial charge < -0.3 is 39.0 Å². The number of unbranched alkanes of at least 4 members (excludes halogenated alkanes) is 3. The second-order valence-corrected chi connectivity index (χ2v) is 15.2. The minimum absolute atomic E-state index is 0.0179. The molecule has 2 unspecified atom stereocenters. The number of rotatable bonds is 21. The monoisotopic (exact) mass is 814 g/mol. The summed E-state index contributed by atoms with van der Waals surface area (Å²) in [6.07, 6.45) is 5.58. The molecule has 16 heteroatoms. The molecule has 0 aromatic heterocycles. The second kappa shape index (κ2) is 24.4. The van der Waals surface area contributed by atoms with E-state index in [2.05, 4.69) is 33.9 Å². The van der Waals surface area contributed by atoms with Crippen molar-refractivity contribution in [2.24, 2.45) is 0 Å². The van der Waals surface area contributed by atoms with Gasteiger partial charge in [0.05, 0.1) is 50.3 Å². The highest BCUT2D eigenvalue weighted by Crippen LogP contribution is 2.42. The summed E-state index contributed by atoms with van der Waals surface area (Å²) in [6, 6.07) is 25.3. The molecular formula is C38H46N4O8S4-2. The summed E-state index contributed by atoms with van der Waals surface area (Å²) in [5.41, 5.74) is 2.20. The molecule has 0 saturated carbocycles. The number of benzene rings is 4. The molecule has 5 N–H and O–H groups in total. The van der Waals surface area contributed by atoms with Gasteiger partial charge in [-0.25, -0.2) is 9.59 Å². The highest BCUT2D eigenvalue weighted by molar-refractivity contribution is 8.00. The summed E-state index contributed by atoms with van der Waals surface area (Å²) in [4.78, 5) is 27.1. The van der Waals surface area contributed by atoms with Crippen molar-refractivity contribution in [1.29, 1.82) is 0 Å². The number of nitrogens with one attached hydrogen (secondary N) is 4. The van der Waals surface area contributed by atoms with E-state index in [1.807, 2.05) is 67.6 Å². The molecule has 0 spiro atoms. The molecule has 4 aromatic carbocycles. The van der Waals surface area contributed by atoms with Crippen LogP contribution in [0.2, 0.25) is 0 Å². The Morgan fingerprint density at radius 3 is 1.46 bits per heavy atom. The van der Waals surface area contributed by atoms with Gasteiger partial charge in [0, 0.05) is 45.4 Å². The minimum Gasteiger partial charge on any atom is -0.755 e. The lowest BCUT2D eigenvalue weighted by Crippen LogP contribution is -2.12. The van der Waals surface area contributed by atoms with Gasteiger partial charge in [0.15, 0.2) is 0 Å². The number of hydrogen-bond donors (Lipinski definition) is 5. The molecule has 54 heavy (non-hydrogen) atoms. The number of hydrogen-bond acceptors (Lipinski definition) is 11. The number of carboxylic acids is 1. The number of ether oxygens (including phenoxy) is 1. The minimum atomic E-state index is -2.56. The standard InChI is InChI=1S/C21H28N2O4S2.C17H20N2O4S2/c1-3-5-12-22-18-14-16(21(24)27-13-6-4-2)15-19(23-29(25)26)20(18)28-17-10-8-7-9-11-17;1-2-3-9-18-14-10-12(17(20)21)11-15(19-25(22)23)16(14)24-13-7-5-4-6-8-13/h7-11,14-15,22-23H,3-6,12-13H2,1-2H3,(H,25,26);4-8,10-11,18-19H,2-3,9H2,1H3,(H,20,21)(H,22,23)/p-2. The van der Waals surface area contributed by atoms with Crippen molar-refractivity contribution < 1.29 is 37.0 Å². The molecule has 4 aromatic rings. The van der Waals surface area contributed by atoms with E-state index in [1.165, 1.54) is 41.7 Å². The quantitative estimate of drug-likeness (QED) is 0.0305. The molecule has 12 nitrogen and oxygen atoms in total. The van der Waals surface area contributed by atoms with Crippen LogP contribution in [0, 0.1) is 0 Å². The Bertz CT molecular complexity index is 1840. The van der Waals surface area contributed by atoms with Crippen LogP contribution in [0.3, 0.4) is 0 Å². The smallest absolute Gasteiger partial charge is 0.338 e. The van der Waals surface area contributed by atoms with Gasteiger partial charge in [-0.15, -0.1) is 0 Å². The van der Waals surface area contributed by atoms with E-state index in [9.17, 15) is 32.2 Å². The van der Waals surface area contributed by atoms with Crippen molar-refractivity contribution in [2.75, 3.05) is 39.8 Å². The Morgan fingerprint density at radius 1 is 0.648 bits per heavy atom. The summed E-state index contributed by atoms with van der Waals surface area (Å²) in [5.74, 6) is -1.58. The fourth-order valence-electron chi connectivity index (χ4n) is 4.72. The van der Waals surface area contributed by atoms with E-state index in [4.69, 9.17) is 4.74 Å². The van der Waals surface area contributed by atoms with Crippen LogP contribution in [0.25, 0.3) is 0 Å². The lowest BCUT2D eigenvalue weighted by Gasteiger charge is -2.19. The van der Waals surface area contributed by atoms with E-state index in [-0.39, 0.29) is 11.3 Å². The predicted octanol–water partition coefficient (Wildman–Crippen LogP) is 9.17. The lowest BCUT2D eigenvalue weighted by atomic mass is 10.1. The molecule has 0 saturated heterocycles. The molecule has 292 valence electrons. The highest BCUT2D eigenvalue weighted by atomic mass is 32.2. The maximum absolute atomic E-state index is 12.5. The number of carboxylic acid groups (broad SMARTS) is 1. The summed E-state index contributed by atoms with van der Waals surface area (Å²) in [6.45, 7) is 7.89. The van der Waals surface area contributed by atoms with Gasteiger partial charge in [-0.05, 0) is 67.8 Å². The van der Waals surface area contributed by atoms with E-state index in [0.29, 0.717) is 52.1 Å². The molecule has 0 aliphatic rings. The third kappa shape index (κ3) is 15.4. The van der Waals surface area contributed by atoms with Crippen LogP contribution in [0.4, 0.5) is 22.7 Å². The van der Waals surface area contributed by atoms with Crippen molar-refractivity contribution >= 4 is 80.7 Å². The summed E-state index contributed by atoms with van der Waals surface area (Å²) in [7, 11) is 0. The van der Waals surface area contributed by atoms with Crippen LogP contribution in [0.15, 0.2) is 105 Å². The maximum atomic E-state index is 12.5. The zero-order valence-corrected chi connectivity index (χ0v) is 33.7. The number of carbonyl (C=O) groups is 2. The molecule has 0 radical (unpaired) electrons. The molecule has 0 bridgehead atoms. The molecule has 0 aliphatic carbocycles. The van der Waals surface area contributed by atoms with E-state index < -0.39 is 34.5 Å². The lowest BCUT2D eigenvalue weighted by molar-refractivity contribution is 0.0499. The summed E-state index contributed by atoms with van der Waals surface area (Å²) in [5, 5.41) is 15.9. The Hall–Kier alpha value is -4.06. The molecular weight excluding hydrogens is 769 g/mol. The molecule has 2 atom stereocenters. The fourth-order valence-corrected chi connectivity index (χ4v) is 7.51. The first-order valence-electron chi connectivity index (χ1n) is 17.5. The molecule has 0 aliphatic heterocycles. The van der Waals surface area contributed by atoms with Crippen molar-refractivity contribution in [1.82, 2.24) is 0 Å². The maximum Gasteiger partial charge on any atom is 0.338 e. The third-order valence-corrected chi connectivity index (χ3v) is 10.5. The fraction of sp³-hybridized carbons (Fsp3) is 0.316. The normalized spacial score (nSPS) is 11.7. The Kier molecular flexibility index (Phi) is 20.0. The van der Waals surface area contributed by atoms with Crippen molar-refractivity contribution in [2.45, 2.75) is 78.9 Å². The average Bonchev–Trinajstić information content (AvgIpc) is 3.14. The first kappa shape index (κ1) is 44.3. The topological polar surface area (TPSA) is 192 Å². The van der Waals surface area contributed by atoms with Crippen LogP contribution < -0.4 is 20.1 Å². The largest absolute Gasteiger partial charge is 0.755 e. The average molecular weight is 815 g/mol. The summed E-state index contributed by atoms with van der Waals surface area (Å²) < 4.78 is 55.1. The molecule has 0 heterocycles. The number of esters is 1. The zero-order valence-electron chi connectivity index (χ0n) is 30.4. The zero-order chi connectivity index (χ0) is 39.3. The van der Waals surface area contributed by atoms with Crippen LogP contribution in [-0.2, 0) is 27.3 Å². The van der Waals surface area contributed by atoms with Crippen molar-refractivity contribution in [3.05, 3.63) is 96.1 Å². The Morgan fingerprint density at radius 2 is 1.06 bits per heavy atom. The first-order valence-corrected chi connectivity index (χ1v) is 21.3. The van der Waals surface area contributed by atoms with Crippen molar-refractivity contribution in [3.63, 3.8) is 0 Å². The number of carbonyl (C=O) groups excluding carboxylic acids is 1. The van der Waals surface area contributed by atoms with Crippen LogP contribution in [0.5, 0.6) is 0 Å². The van der Waals surface area contributed by atoms with Gasteiger partial charge in [0.1, 0.15) is 0 Å². The van der Waals surface area contributed by atoms with Crippen LogP contribution in [-0.4, -0.2) is 54.3 Å². The Balaban J connectivity index is 0.000000294. The first-order chi connectivity index (χ1) is 26.1. The summed E-state index contributed by atoms with van der Waals surface area (Å²) >= 11 is -2.28. The second-order valence-electron chi connectivity index (χ2n) is 11.7. The van der Waals surface area contributed by atoms with Crippen LogP contribution >= 0.6 is 23.5 Å². The molecule has 0 fully saturated rings. The molecule has 4 rings (SSSR count). The SMILES string of the molecule is CCCCNc1cc(C(=O)O)cc(NS(=O)[O-])c1Sc1ccccc1.CCCCNc1cc(C(=O)OCCCC)cc(NS(=O)[O-])c1Sc1ccccc1. The van der Waals surface area contributed by atoms with Gasteiger partial charge in [-0.3, -0.25) is 8.42 Å².